The molecule has 0 atom stereocenters. The van der Waals surface area contributed by atoms with E-state index < -0.39 is 0 Å². The van der Waals surface area contributed by atoms with Crippen LogP contribution in [0.3, 0.4) is 0 Å². The molecule has 0 fully saturated rings. The largest absolute Gasteiger partial charge is 0.319 e. The van der Waals surface area contributed by atoms with Crippen LogP contribution in [0.15, 0.2) is 18.2 Å². The maximum absolute atomic E-state index is 11.9. The number of anilines is 1. The van der Waals surface area contributed by atoms with Crippen molar-refractivity contribution in [1.29, 1.82) is 0 Å². The van der Waals surface area contributed by atoms with Crippen LogP contribution < -0.4 is 5.32 Å². The molecular formula is C11H10ClN3OS. The number of benzene rings is 1. The van der Waals surface area contributed by atoms with E-state index in [1.54, 1.807) is 0 Å². The molecular weight excluding hydrogens is 258 g/mol. The molecule has 88 valence electrons. The van der Waals surface area contributed by atoms with Gasteiger partial charge >= 0.3 is 0 Å². The molecule has 0 unspecified atom stereocenters. The highest BCUT2D eigenvalue weighted by Crippen LogP contribution is 2.21. The van der Waals surface area contributed by atoms with Crippen LogP contribution in [0.5, 0.6) is 0 Å². The number of rotatable bonds is 2. The van der Waals surface area contributed by atoms with E-state index in [9.17, 15) is 4.79 Å². The normalized spacial score (nSPS) is 10.3. The number of para-hydroxylation sites is 1. The van der Waals surface area contributed by atoms with E-state index in [0.717, 1.165) is 28.2 Å². The summed E-state index contributed by atoms with van der Waals surface area (Å²) in [4.78, 5) is 11.9. The van der Waals surface area contributed by atoms with Crippen molar-refractivity contribution in [2.24, 2.45) is 0 Å². The van der Waals surface area contributed by atoms with E-state index in [1.165, 1.54) is 0 Å². The summed E-state index contributed by atoms with van der Waals surface area (Å²) >= 11 is 6.69. The summed E-state index contributed by atoms with van der Waals surface area (Å²) < 4.78 is 0.261. The number of aryl methyl sites for hydroxylation is 2. The van der Waals surface area contributed by atoms with Gasteiger partial charge in [0, 0.05) is 5.69 Å². The van der Waals surface area contributed by atoms with Crippen LogP contribution in [0, 0.1) is 13.8 Å². The van der Waals surface area contributed by atoms with Crippen molar-refractivity contribution in [1.82, 2.24) is 10.2 Å². The van der Waals surface area contributed by atoms with Gasteiger partial charge in [-0.25, -0.2) is 0 Å². The van der Waals surface area contributed by atoms with Gasteiger partial charge in [0.1, 0.15) is 0 Å². The Morgan fingerprint density at radius 3 is 2.47 bits per heavy atom. The molecule has 0 saturated carbocycles. The Morgan fingerprint density at radius 1 is 1.29 bits per heavy atom. The average Bonchev–Trinajstić information content (AvgIpc) is 2.70. The molecule has 1 aromatic carbocycles. The number of halogens is 1. The van der Waals surface area contributed by atoms with Crippen molar-refractivity contribution >= 4 is 34.5 Å². The molecule has 0 saturated heterocycles. The van der Waals surface area contributed by atoms with E-state index in [-0.39, 0.29) is 15.4 Å². The third-order valence-electron chi connectivity index (χ3n) is 2.31. The minimum Gasteiger partial charge on any atom is -0.319 e. The number of hydrogen-bond donors (Lipinski definition) is 1. The molecule has 1 aromatic heterocycles. The molecule has 0 aliphatic heterocycles. The number of carbonyl (C=O) groups is 1. The van der Waals surface area contributed by atoms with Crippen LogP contribution >= 0.6 is 22.9 Å². The monoisotopic (exact) mass is 267 g/mol. The summed E-state index contributed by atoms with van der Waals surface area (Å²) in [5, 5.41) is 10.4. The van der Waals surface area contributed by atoms with Gasteiger partial charge in [0.25, 0.3) is 5.91 Å². The van der Waals surface area contributed by atoms with Crippen LogP contribution in [0.4, 0.5) is 5.69 Å². The summed E-state index contributed by atoms with van der Waals surface area (Å²) in [5.41, 5.74) is 2.83. The van der Waals surface area contributed by atoms with Crippen molar-refractivity contribution < 1.29 is 4.79 Å². The van der Waals surface area contributed by atoms with Crippen LogP contribution in [-0.2, 0) is 0 Å². The minimum atomic E-state index is -0.285. The first kappa shape index (κ1) is 12.0. The molecule has 1 amide bonds. The Morgan fingerprint density at radius 2 is 1.94 bits per heavy atom. The minimum absolute atomic E-state index is 0.261. The molecule has 1 heterocycles. The molecule has 2 aromatic rings. The summed E-state index contributed by atoms with van der Waals surface area (Å²) in [5.74, 6) is -0.285. The topological polar surface area (TPSA) is 54.9 Å². The van der Waals surface area contributed by atoms with E-state index in [0.29, 0.717) is 0 Å². The quantitative estimate of drug-likeness (QED) is 0.910. The fourth-order valence-electron chi connectivity index (χ4n) is 1.48. The van der Waals surface area contributed by atoms with Gasteiger partial charge in [-0.3, -0.25) is 4.79 Å². The lowest BCUT2D eigenvalue weighted by Gasteiger charge is -2.09. The first-order chi connectivity index (χ1) is 8.08. The van der Waals surface area contributed by atoms with Gasteiger partial charge in [-0.2, -0.15) is 0 Å². The van der Waals surface area contributed by atoms with Crippen molar-refractivity contribution in [3.63, 3.8) is 0 Å². The molecule has 4 nitrogen and oxygen atoms in total. The second-order valence-electron chi connectivity index (χ2n) is 3.58. The second-order valence-corrected chi connectivity index (χ2v) is 5.14. The van der Waals surface area contributed by atoms with Crippen molar-refractivity contribution in [3.8, 4) is 0 Å². The zero-order valence-corrected chi connectivity index (χ0v) is 10.9. The summed E-state index contributed by atoms with van der Waals surface area (Å²) in [7, 11) is 0. The first-order valence-corrected chi connectivity index (χ1v) is 6.14. The molecule has 0 aliphatic carbocycles. The van der Waals surface area contributed by atoms with Gasteiger partial charge in [0.05, 0.1) is 0 Å². The second kappa shape index (κ2) is 4.81. The maximum Gasteiger partial charge on any atom is 0.286 e. The fraction of sp³-hybridized carbons (Fsp3) is 0.182. The standard InChI is InChI=1S/C11H10ClN3OS/c1-6-4-3-5-7(2)8(6)13-9(16)10-14-15-11(12)17-10/h3-5H,1-2H3,(H,13,16). The van der Waals surface area contributed by atoms with Gasteiger partial charge in [0.15, 0.2) is 0 Å². The molecule has 0 aliphatic rings. The van der Waals surface area contributed by atoms with Gasteiger partial charge < -0.3 is 5.32 Å². The van der Waals surface area contributed by atoms with Gasteiger partial charge in [0.2, 0.25) is 9.47 Å². The summed E-state index contributed by atoms with van der Waals surface area (Å²) in [6.45, 7) is 3.88. The van der Waals surface area contributed by atoms with E-state index in [4.69, 9.17) is 11.6 Å². The van der Waals surface area contributed by atoms with Crippen molar-refractivity contribution in [2.45, 2.75) is 13.8 Å². The number of nitrogens with zero attached hydrogens (tertiary/aromatic N) is 2. The van der Waals surface area contributed by atoms with E-state index >= 15 is 0 Å². The molecule has 6 heteroatoms. The maximum atomic E-state index is 11.9. The zero-order chi connectivity index (χ0) is 12.4. The molecule has 17 heavy (non-hydrogen) atoms. The van der Waals surface area contributed by atoms with E-state index in [1.807, 2.05) is 32.0 Å². The predicted molar refractivity (Wildman–Crippen MR) is 68.8 cm³/mol. The number of carbonyl (C=O) groups excluding carboxylic acids is 1. The number of hydrogen-bond acceptors (Lipinski definition) is 4. The average molecular weight is 268 g/mol. The highest BCUT2D eigenvalue weighted by molar-refractivity contribution is 7.17. The lowest BCUT2D eigenvalue weighted by atomic mass is 10.1. The Balaban J connectivity index is 2.24. The van der Waals surface area contributed by atoms with Gasteiger partial charge in [-0.05, 0) is 36.6 Å². The first-order valence-electron chi connectivity index (χ1n) is 4.94. The third kappa shape index (κ3) is 2.62. The Labute approximate surface area is 108 Å². The molecule has 0 spiro atoms. The molecule has 2 rings (SSSR count). The lowest BCUT2D eigenvalue weighted by Crippen LogP contribution is -2.13. The SMILES string of the molecule is Cc1cccc(C)c1NC(=O)c1nnc(Cl)s1. The Bertz CT molecular complexity index is 547. The fourth-order valence-corrected chi connectivity index (χ4v) is 2.20. The van der Waals surface area contributed by atoms with Crippen LogP contribution in [0.1, 0.15) is 20.9 Å². The summed E-state index contributed by atoms with van der Waals surface area (Å²) in [6.07, 6.45) is 0. The zero-order valence-electron chi connectivity index (χ0n) is 9.32. The van der Waals surface area contributed by atoms with Crippen molar-refractivity contribution in [3.05, 3.63) is 38.8 Å². The van der Waals surface area contributed by atoms with Crippen LogP contribution in [-0.4, -0.2) is 16.1 Å². The summed E-state index contributed by atoms with van der Waals surface area (Å²) in [6, 6.07) is 5.83. The number of amides is 1. The highest BCUT2D eigenvalue weighted by atomic mass is 35.5. The van der Waals surface area contributed by atoms with Crippen molar-refractivity contribution in [2.75, 3.05) is 5.32 Å². The lowest BCUT2D eigenvalue weighted by molar-refractivity contribution is 0.102. The Kier molecular flexibility index (Phi) is 3.40. The smallest absolute Gasteiger partial charge is 0.286 e. The van der Waals surface area contributed by atoms with E-state index in [2.05, 4.69) is 15.5 Å². The van der Waals surface area contributed by atoms with Crippen LogP contribution in [0.25, 0.3) is 0 Å². The third-order valence-corrected chi connectivity index (χ3v) is 3.33. The van der Waals surface area contributed by atoms with Gasteiger partial charge in [-0.1, -0.05) is 29.5 Å². The molecule has 1 N–H and O–H groups in total. The Hall–Kier alpha value is -1.46. The number of nitrogens with one attached hydrogen (secondary N) is 1. The predicted octanol–water partition coefficient (Wildman–Crippen LogP) is 3.06. The molecule has 0 bridgehead atoms. The molecule has 0 radical (unpaired) electrons. The highest BCUT2D eigenvalue weighted by Gasteiger charge is 2.14. The number of aromatic nitrogens is 2. The van der Waals surface area contributed by atoms with Gasteiger partial charge in [-0.15, -0.1) is 10.2 Å². The van der Waals surface area contributed by atoms with Crippen LogP contribution in [0.2, 0.25) is 4.47 Å².